The van der Waals surface area contributed by atoms with Gasteiger partial charge in [-0.15, -0.1) is 0 Å². The van der Waals surface area contributed by atoms with E-state index in [4.69, 9.17) is 4.74 Å². The zero-order chi connectivity index (χ0) is 19.0. The van der Waals surface area contributed by atoms with Crippen LogP contribution >= 0.6 is 0 Å². The standard InChI is InChI=1S/C19H22N4O3S/c1-14-7-8-15-16(13-14)21-19(20-15)22-9-11-23(12-10-22)27(24,25)18-6-4-3-5-17(18)26-2/h3-8,13H,9-12H2,1-2H3,(H,20,21). The minimum Gasteiger partial charge on any atom is -0.495 e. The number of nitrogens with zero attached hydrogens (tertiary/aromatic N) is 3. The van der Waals surface area contributed by atoms with E-state index in [0.29, 0.717) is 31.9 Å². The predicted octanol–water partition coefficient (Wildman–Crippen LogP) is 2.39. The van der Waals surface area contributed by atoms with Crippen LogP contribution in [0.15, 0.2) is 47.4 Å². The van der Waals surface area contributed by atoms with E-state index < -0.39 is 10.0 Å². The van der Waals surface area contributed by atoms with Crippen LogP contribution in [0, 0.1) is 6.92 Å². The minimum absolute atomic E-state index is 0.208. The molecule has 2 heterocycles. The van der Waals surface area contributed by atoms with Gasteiger partial charge in [0.2, 0.25) is 16.0 Å². The lowest BCUT2D eigenvalue weighted by atomic mass is 10.2. The SMILES string of the molecule is COc1ccccc1S(=O)(=O)N1CCN(c2nc3ccc(C)cc3[nH]2)CC1. The summed E-state index contributed by atoms with van der Waals surface area (Å²) < 4.78 is 32.7. The molecule has 0 amide bonds. The van der Waals surface area contributed by atoms with Gasteiger partial charge in [-0.1, -0.05) is 18.2 Å². The van der Waals surface area contributed by atoms with Crippen LogP contribution in [0.4, 0.5) is 5.95 Å². The normalized spacial score (nSPS) is 16.0. The largest absolute Gasteiger partial charge is 0.495 e. The Hall–Kier alpha value is -2.58. The number of fused-ring (bicyclic) bond motifs is 1. The molecule has 0 saturated carbocycles. The molecule has 8 heteroatoms. The summed E-state index contributed by atoms with van der Waals surface area (Å²) in [4.78, 5) is 10.3. The van der Waals surface area contributed by atoms with Crippen LogP contribution in [0.25, 0.3) is 11.0 Å². The van der Waals surface area contributed by atoms with Gasteiger partial charge in [0.05, 0.1) is 18.1 Å². The number of anilines is 1. The van der Waals surface area contributed by atoms with Crippen molar-refractivity contribution in [1.29, 1.82) is 0 Å². The quantitative estimate of drug-likeness (QED) is 0.745. The van der Waals surface area contributed by atoms with Crippen LogP contribution in [-0.4, -0.2) is 56.0 Å². The summed E-state index contributed by atoms with van der Waals surface area (Å²) in [5.74, 6) is 1.15. The molecule has 1 aliphatic heterocycles. The number of H-pyrrole nitrogens is 1. The average molecular weight is 386 g/mol. The summed E-state index contributed by atoms with van der Waals surface area (Å²) in [6, 6.07) is 12.8. The topological polar surface area (TPSA) is 78.5 Å². The van der Waals surface area contributed by atoms with Crippen LogP contribution in [0.2, 0.25) is 0 Å². The molecule has 3 aromatic rings. The Morgan fingerprint density at radius 3 is 2.56 bits per heavy atom. The Balaban J connectivity index is 1.52. The molecule has 1 saturated heterocycles. The number of benzene rings is 2. The fourth-order valence-corrected chi connectivity index (χ4v) is 4.95. The van der Waals surface area contributed by atoms with E-state index in [1.807, 2.05) is 19.1 Å². The van der Waals surface area contributed by atoms with E-state index in [-0.39, 0.29) is 4.90 Å². The zero-order valence-electron chi connectivity index (χ0n) is 15.3. The van der Waals surface area contributed by atoms with Crippen molar-refractivity contribution in [2.45, 2.75) is 11.8 Å². The lowest BCUT2D eigenvalue weighted by Gasteiger charge is -2.34. The Morgan fingerprint density at radius 2 is 1.81 bits per heavy atom. The molecule has 7 nitrogen and oxygen atoms in total. The van der Waals surface area contributed by atoms with Crippen molar-refractivity contribution in [3.05, 3.63) is 48.0 Å². The summed E-state index contributed by atoms with van der Waals surface area (Å²) >= 11 is 0. The van der Waals surface area contributed by atoms with E-state index >= 15 is 0 Å². The lowest BCUT2D eigenvalue weighted by Crippen LogP contribution is -2.49. The Morgan fingerprint density at radius 1 is 1.07 bits per heavy atom. The molecular formula is C19H22N4O3S. The number of para-hydroxylation sites is 1. The van der Waals surface area contributed by atoms with Crippen LogP contribution in [-0.2, 0) is 10.0 Å². The van der Waals surface area contributed by atoms with Gasteiger partial charge in [0, 0.05) is 26.2 Å². The predicted molar refractivity (Wildman–Crippen MR) is 105 cm³/mol. The summed E-state index contributed by atoms with van der Waals surface area (Å²) in [6.07, 6.45) is 0. The number of piperazine rings is 1. The van der Waals surface area contributed by atoms with E-state index in [0.717, 1.165) is 17.0 Å². The molecule has 0 radical (unpaired) electrons. The number of nitrogens with one attached hydrogen (secondary N) is 1. The number of aryl methyl sites for hydroxylation is 1. The number of sulfonamides is 1. The third kappa shape index (κ3) is 3.26. The number of aromatic amines is 1. The molecule has 1 aliphatic rings. The highest BCUT2D eigenvalue weighted by Gasteiger charge is 2.31. The van der Waals surface area contributed by atoms with Crippen molar-refractivity contribution in [1.82, 2.24) is 14.3 Å². The molecule has 1 fully saturated rings. The van der Waals surface area contributed by atoms with Gasteiger partial charge in [0.15, 0.2) is 0 Å². The van der Waals surface area contributed by atoms with Gasteiger partial charge in [-0.25, -0.2) is 13.4 Å². The first-order valence-electron chi connectivity index (χ1n) is 8.83. The van der Waals surface area contributed by atoms with Gasteiger partial charge in [0.1, 0.15) is 10.6 Å². The van der Waals surface area contributed by atoms with Gasteiger partial charge in [-0.05, 0) is 36.8 Å². The number of hydrogen-bond donors (Lipinski definition) is 1. The van der Waals surface area contributed by atoms with Crippen LogP contribution in [0.5, 0.6) is 5.75 Å². The van der Waals surface area contributed by atoms with Crippen LogP contribution in [0.3, 0.4) is 0 Å². The van der Waals surface area contributed by atoms with Gasteiger partial charge in [0.25, 0.3) is 0 Å². The van der Waals surface area contributed by atoms with Crippen LogP contribution < -0.4 is 9.64 Å². The minimum atomic E-state index is -3.59. The summed E-state index contributed by atoms with van der Waals surface area (Å²) in [6.45, 7) is 3.99. The monoisotopic (exact) mass is 386 g/mol. The number of methoxy groups -OCH3 is 1. The Labute approximate surface area is 158 Å². The van der Waals surface area contributed by atoms with Crippen molar-refractivity contribution in [3.8, 4) is 5.75 Å². The van der Waals surface area contributed by atoms with E-state index in [1.165, 1.54) is 17.0 Å². The van der Waals surface area contributed by atoms with Crippen molar-refractivity contribution in [3.63, 3.8) is 0 Å². The van der Waals surface area contributed by atoms with E-state index in [9.17, 15) is 8.42 Å². The highest BCUT2D eigenvalue weighted by molar-refractivity contribution is 7.89. The molecule has 0 bridgehead atoms. The number of imidazole rings is 1. The highest BCUT2D eigenvalue weighted by atomic mass is 32.2. The van der Waals surface area contributed by atoms with Crippen LogP contribution in [0.1, 0.15) is 5.56 Å². The first kappa shape index (κ1) is 17.8. The van der Waals surface area contributed by atoms with Crippen molar-refractivity contribution in [2.75, 3.05) is 38.2 Å². The molecule has 1 aromatic heterocycles. The van der Waals surface area contributed by atoms with E-state index in [2.05, 4.69) is 20.9 Å². The lowest BCUT2D eigenvalue weighted by molar-refractivity contribution is 0.373. The van der Waals surface area contributed by atoms with Gasteiger partial charge >= 0.3 is 0 Å². The highest BCUT2D eigenvalue weighted by Crippen LogP contribution is 2.27. The summed E-state index contributed by atoms with van der Waals surface area (Å²) in [7, 11) is -2.11. The van der Waals surface area contributed by atoms with E-state index in [1.54, 1.807) is 24.3 Å². The Kier molecular flexibility index (Phi) is 4.53. The fraction of sp³-hybridized carbons (Fsp3) is 0.316. The zero-order valence-corrected chi connectivity index (χ0v) is 16.2. The molecule has 0 aliphatic carbocycles. The third-order valence-corrected chi connectivity index (χ3v) is 6.79. The molecule has 27 heavy (non-hydrogen) atoms. The summed E-state index contributed by atoms with van der Waals surface area (Å²) in [5, 5.41) is 0. The molecule has 0 atom stereocenters. The molecule has 0 spiro atoms. The average Bonchev–Trinajstić information content (AvgIpc) is 3.11. The number of hydrogen-bond acceptors (Lipinski definition) is 5. The van der Waals surface area contributed by atoms with Gasteiger partial charge in [-0.3, -0.25) is 0 Å². The number of aromatic nitrogens is 2. The van der Waals surface area contributed by atoms with Crippen molar-refractivity contribution >= 4 is 27.0 Å². The maximum atomic E-state index is 13.0. The fourth-order valence-electron chi connectivity index (χ4n) is 3.37. The molecular weight excluding hydrogens is 364 g/mol. The Bertz CT molecular complexity index is 1070. The molecule has 4 rings (SSSR count). The second-order valence-electron chi connectivity index (χ2n) is 6.62. The summed E-state index contributed by atoms with van der Waals surface area (Å²) in [5.41, 5.74) is 3.08. The molecule has 1 N–H and O–H groups in total. The molecule has 142 valence electrons. The maximum Gasteiger partial charge on any atom is 0.246 e. The van der Waals surface area contributed by atoms with Crippen molar-refractivity contribution < 1.29 is 13.2 Å². The van der Waals surface area contributed by atoms with Gasteiger partial charge < -0.3 is 14.6 Å². The van der Waals surface area contributed by atoms with Gasteiger partial charge in [-0.2, -0.15) is 4.31 Å². The third-order valence-electron chi connectivity index (χ3n) is 4.85. The second kappa shape index (κ2) is 6.86. The number of ether oxygens (including phenoxy) is 1. The first-order valence-corrected chi connectivity index (χ1v) is 10.3. The molecule has 0 unspecified atom stereocenters. The number of rotatable bonds is 4. The maximum absolute atomic E-state index is 13.0. The molecule has 2 aromatic carbocycles. The second-order valence-corrected chi connectivity index (χ2v) is 8.53. The first-order chi connectivity index (χ1) is 13.0. The van der Waals surface area contributed by atoms with Crippen molar-refractivity contribution in [2.24, 2.45) is 0 Å². The smallest absolute Gasteiger partial charge is 0.246 e.